The average Bonchev–Trinajstić information content (AvgIpc) is 2.83. The molecule has 1 N–H and O–H groups in total. The highest BCUT2D eigenvalue weighted by Crippen LogP contribution is 2.28. The third kappa shape index (κ3) is 5.44. The van der Waals surface area contributed by atoms with E-state index < -0.39 is 0 Å². The van der Waals surface area contributed by atoms with Gasteiger partial charge in [-0.25, -0.2) is 0 Å². The van der Waals surface area contributed by atoms with Gasteiger partial charge in [0.15, 0.2) is 0 Å². The Morgan fingerprint density at radius 1 is 0.742 bits per heavy atom. The normalized spacial score (nSPS) is 11.6. The molecule has 0 aliphatic carbocycles. The molecule has 2 nitrogen and oxygen atoms in total. The van der Waals surface area contributed by atoms with Crippen molar-refractivity contribution in [1.29, 1.82) is 0 Å². The van der Waals surface area contributed by atoms with Crippen LogP contribution in [-0.4, -0.2) is 5.91 Å². The van der Waals surface area contributed by atoms with Crippen LogP contribution in [0.25, 0.3) is 0 Å². The third-order valence-corrected chi connectivity index (χ3v) is 6.33. The van der Waals surface area contributed by atoms with E-state index in [4.69, 9.17) is 0 Å². The standard InChI is InChI=1S/C28H25NOS/c1-21-16-18-24(19-17-21)27(23-12-6-3-7-13-23)29-28(30)25-14-8-9-15-26(25)31-20-22-10-4-2-5-11-22/h2-19,27H,20H2,1H3,(H,29,30)/t27-/m1/s1. The number of nitrogens with one attached hydrogen (secondary N) is 1. The molecule has 31 heavy (non-hydrogen) atoms. The number of amides is 1. The molecule has 0 heterocycles. The number of thioether (sulfide) groups is 1. The van der Waals surface area contributed by atoms with Gasteiger partial charge in [-0.05, 0) is 35.7 Å². The minimum Gasteiger partial charge on any atom is -0.341 e. The first kappa shape index (κ1) is 21.0. The van der Waals surface area contributed by atoms with Crippen LogP contribution < -0.4 is 5.32 Å². The number of hydrogen-bond acceptors (Lipinski definition) is 2. The van der Waals surface area contributed by atoms with E-state index in [9.17, 15) is 4.79 Å². The van der Waals surface area contributed by atoms with E-state index in [2.05, 4.69) is 60.8 Å². The highest BCUT2D eigenvalue weighted by atomic mass is 32.2. The largest absolute Gasteiger partial charge is 0.341 e. The van der Waals surface area contributed by atoms with E-state index >= 15 is 0 Å². The van der Waals surface area contributed by atoms with Gasteiger partial charge in [0.2, 0.25) is 0 Å². The van der Waals surface area contributed by atoms with Crippen LogP contribution in [0.15, 0.2) is 114 Å². The Balaban J connectivity index is 1.58. The van der Waals surface area contributed by atoms with Gasteiger partial charge >= 0.3 is 0 Å². The predicted molar refractivity (Wildman–Crippen MR) is 129 cm³/mol. The Hall–Kier alpha value is -3.30. The first-order chi connectivity index (χ1) is 15.2. The van der Waals surface area contributed by atoms with Crippen LogP contribution in [0.4, 0.5) is 0 Å². The molecule has 154 valence electrons. The van der Waals surface area contributed by atoms with Crippen LogP contribution >= 0.6 is 11.8 Å². The van der Waals surface area contributed by atoms with Crippen molar-refractivity contribution in [2.24, 2.45) is 0 Å². The number of rotatable bonds is 7. The Labute approximate surface area is 188 Å². The van der Waals surface area contributed by atoms with Crippen LogP contribution in [0.3, 0.4) is 0 Å². The second-order valence-corrected chi connectivity index (χ2v) is 8.52. The van der Waals surface area contributed by atoms with Crippen molar-refractivity contribution < 1.29 is 4.79 Å². The molecule has 0 aliphatic heterocycles. The molecule has 0 saturated heterocycles. The van der Waals surface area contributed by atoms with Crippen LogP contribution in [-0.2, 0) is 5.75 Å². The molecule has 0 radical (unpaired) electrons. The highest BCUT2D eigenvalue weighted by Gasteiger charge is 2.19. The van der Waals surface area contributed by atoms with Gasteiger partial charge in [0.05, 0.1) is 11.6 Å². The summed E-state index contributed by atoms with van der Waals surface area (Å²) < 4.78 is 0. The molecule has 4 aromatic rings. The highest BCUT2D eigenvalue weighted by molar-refractivity contribution is 7.98. The summed E-state index contributed by atoms with van der Waals surface area (Å²) >= 11 is 1.69. The quantitative estimate of drug-likeness (QED) is 0.331. The monoisotopic (exact) mass is 423 g/mol. The molecule has 1 amide bonds. The van der Waals surface area contributed by atoms with Crippen molar-refractivity contribution in [3.8, 4) is 0 Å². The summed E-state index contributed by atoms with van der Waals surface area (Å²) in [5, 5.41) is 3.27. The molecule has 4 rings (SSSR count). The van der Waals surface area contributed by atoms with Crippen molar-refractivity contribution in [2.45, 2.75) is 23.6 Å². The molecule has 0 aliphatic rings. The average molecular weight is 424 g/mol. The zero-order valence-electron chi connectivity index (χ0n) is 17.5. The van der Waals surface area contributed by atoms with E-state index in [-0.39, 0.29) is 11.9 Å². The molecule has 0 bridgehead atoms. The predicted octanol–water partition coefficient (Wildman–Crippen LogP) is 6.81. The van der Waals surface area contributed by atoms with Gasteiger partial charge in [0, 0.05) is 10.6 Å². The summed E-state index contributed by atoms with van der Waals surface area (Å²) in [5.41, 5.74) is 5.28. The molecule has 0 saturated carbocycles. The SMILES string of the molecule is Cc1ccc([C@H](NC(=O)c2ccccc2SCc2ccccc2)c2ccccc2)cc1. The van der Waals surface area contributed by atoms with Crippen molar-refractivity contribution >= 4 is 17.7 Å². The molecule has 4 aromatic carbocycles. The Morgan fingerprint density at radius 2 is 1.32 bits per heavy atom. The lowest BCUT2D eigenvalue weighted by molar-refractivity contribution is 0.0940. The lowest BCUT2D eigenvalue weighted by atomic mass is 9.97. The molecule has 0 spiro atoms. The van der Waals surface area contributed by atoms with Crippen LogP contribution in [0.2, 0.25) is 0 Å². The number of carbonyl (C=O) groups is 1. The first-order valence-electron chi connectivity index (χ1n) is 10.4. The maximum atomic E-state index is 13.4. The minimum atomic E-state index is -0.207. The summed E-state index contributed by atoms with van der Waals surface area (Å²) in [6, 6.07) is 36.4. The summed E-state index contributed by atoms with van der Waals surface area (Å²) in [5.74, 6) is 0.760. The van der Waals surface area contributed by atoms with Gasteiger partial charge in [-0.2, -0.15) is 0 Å². The number of carbonyl (C=O) groups excluding carboxylic acids is 1. The topological polar surface area (TPSA) is 29.1 Å². The summed E-state index contributed by atoms with van der Waals surface area (Å²) in [7, 11) is 0. The molecule has 3 heteroatoms. The van der Waals surface area contributed by atoms with E-state index in [1.165, 1.54) is 11.1 Å². The molecule has 0 unspecified atom stereocenters. The molecule has 0 aromatic heterocycles. The smallest absolute Gasteiger partial charge is 0.253 e. The van der Waals surface area contributed by atoms with Gasteiger partial charge in [0.25, 0.3) is 5.91 Å². The second kappa shape index (κ2) is 10.1. The number of benzene rings is 4. The lowest BCUT2D eigenvalue weighted by Crippen LogP contribution is -2.29. The maximum Gasteiger partial charge on any atom is 0.253 e. The molecule has 1 atom stereocenters. The zero-order chi connectivity index (χ0) is 21.5. The van der Waals surface area contributed by atoms with E-state index in [0.717, 1.165) is 21.8 Å². The second-order valence-electron chi connectivity index (χ2n) is 7.50. The van der Waals surface area contributed by atoms with Crippen LogP contribution in [0.5, 0.6) is 0 Å². The Bertz CT molecular complexity index is 1120. The fourth-order valence-electron chi connectivity index (χ4n) is 3.49. The lowest BCUT2D eigenvalue weighted by Gasteiger charge is -2.21. The van der Waals surface area contributed by atoms with Gasteiger partial charge in [-0.1, -0.05) is 103 Å². The van der Waals surface area contributed by atoms with E-state index in [1.807, 2.05) is 60.7 Å². The van der Waals surface area contributed by atoms with Gasteiger partial charge in [0.1, 0.15) is 0 Å². The Morgan fingerprint density at radius 3 is 2.03 bits per heavy atom. The van der Waals surface area contributed by atoms with E-state index in [1.54, 1.807) is 11.8 Å². The van der Waals surface area contributed by atoms with E-state index in [0.29, 0.717) is 5.56 Å². The minimum absolute atomic E-state index is 0.0643. The van der Waals surface area contributed by atoms with Crippen molar-refractivity contribution in [3.63, 3.8) is 0 Å². The number of aryl methyl sites for hydroxylation is 1. The van der Waals surface area contributed by atoms with Crippen molar-refractivity contribution in [2.75, 3.05) is 0 Å². The fraction of sp³-hybridized carbons (Fsp3) is 0.107. The summed E-state index contributed by atoms with van der Waals surface area (Å²) in [6.45, 7) is 2.07. The fourth-order valence-corrected chi connectivity index (χ4v) is 4.49. The summed E-state index contributed by atoms with van der Waals surface area (Å²) in [6.07, 6.45) is 0. The zero-order valence-corrected chi connectivity index (χ0v) is 18.3. The first-order valence-corrected chi connectivity index (χ1v) is 11.4. The Kier molecular flexibility index (Phi) is 6.85. The van der Waals surface area contributed by atoms with Gasteiger partial charge < -0.3 is 5.32 Å². The van der Waals surface area contributed by atoms with Gasteiger partial charge in [-0.3, -0.25) is 4.79 Å². The molecular weight excluding hydrogens is 398 g/mol. The number of hydrogen-bond donors (Lipinski definition) is 1. The van der Waals surface area contributed by atoms with Crippen molar-refractivity contribution in [3.05, 3.63) is 137 Å². The van der Waals surface area contributed by atoms with Crippen molar-refractivity contribution in [1.82, 2.24) is 5.32 Å². The molecule has 0 fully saturated rings. The van der Waals surface area contributed by atoms with Crippen LogP contribution in [0, 0.1) is 6.92 Å². The van der Waals surface area contributed by atoms with Gasteiger partial charge in [-0.15, -0.1) is 11.8 Å². The maximum absolute atomic E-state index is 13.4. The third-order valence-electron chi connectivity index (χ3n) is 5.19. The van der Waals surface area contributed by atoms with Crippen LogP contribution in [0.1, 0.15) is 38.7 Å². The summed E-state index contributed by atoms with van der Waals surface area (Å²) in [4.78, 5) is 14.4. The molecular formula is C28H25NOS.